The minimum absolute atomic E-state index is 0.120. The lowest BCUT2D eigenvalue weighted by atomic mass is 9.74. The number of hydrogen-bond acceptors (Lipinski definition) is 4. The normalized spacial score (nSPS) is 25.0. The lowest BCUT2D eigenvalue weighted by Gasteiger charge is -2.57. The van der Waals surface area contributed by atoms with Gasteiger partial charge in [-0.3, -0.25) is 9.69 Å². The number of aliphatic hydroxyl groups is 1. The molecule has 3 fully saturated rings. The van der Waals surface area contributed by atoms with Crippen LogP contribution >= 0.6 is 0 Å². The predicted molar refractivity (Wildman–Crippen MR) is 133 cm³/mol. The fourth-order valence-corrected chi connectivity index (χ4v) is 5.73. The highest BCUT2D eigenvalue weighted by molar-refractivity contribution is 5.79. The smallest absolute Gasteiger partial charge is 0.225 e. The first-order chi connectivity index (χ1) is 16.7. The van der Waals surface area contributed by atoms with Crippen molar-refractivity contribution in [3.63, 3.8) is 0 Å². The van der Waals surface area contributed by atoms with Gasteiger partial charge in [0.05, 0.1) is 19.3 Å². The molecule has 3 atom stereocenters. The van der Waals surface area contributed by atoms with Crippen molar-refractivity contribution in [2.75, 3.05) is 33.4 Å². The van der Waals surface area contributed by atoms with E-state index in [-0.39, 0.29) is 30.5 Å². The third-order valence-electron chi connectivity index (χ3n) is 7.88. The largest absolute Gasteiger partial charge is 0.495 e. The molecule has 5 nitrogen and oxygen atoms in total. The van der Waals surface area contributed by atoms with Gasteiger partial charge >= 0.3 is 0 Å². The first-order valence-corrected chi connectivity index (χ1v) is 12.6. The molecule has 0 bridgehead atoms. The summed E-state index contributed by atoms with van der Waals surface area (Å²) in [6.45, 7) is 2.78. The van der Waals surface area contributed by atoms with Crippen molar-refractivity contribution in [1.82, 2.24) is 9.80 Å². The molecule has 5 rings (SSSR count). The maximum Gasteiger partial charge on any atom is 0.225 e. The van der Waals surface area contributed by atoms with Crippen molar-refractivity contribution < 1.29 is 14.6 Å². The summed E-state index contributed by atoms with van der Waals surface area (Å²) < 4.78 is 5.39. The molecular formula is C29H34N2O3. The zero-order chi connectivity index (χ0) is 23.5. The minimum Gasteiger partial charge on any atom is -0.495 e. The number of fused-ring (bicyclic) bond motifs is 1. The van der Waals surface area contributed by atoms with Gasteiger partial charge < -0.3 is 14.7 Å². The van der Waals surface area contributed by atoms with Gasteiger partial charge in [0, 0.05) is 42.6 Å². The van der Waals surface area contributed by atoms with Crippen molar-refractivity contribution in [3.05, 3.63) is 65.2 Å². The van der Waals surface area contributed by atoms with Crippen LogP contribution in [0.4, 0.5) is 0 Å². The summed E-state index contributed by atoms with van der Waals surface area (Å²) in [4.78, 5) is 17.6. The average Bonchev–Trinajstić information content (AvgIpc) is 2.81. The molecule has 3 aliphatic rings. The Labute approximate surface area is 202 Å². The van der Waals surface area contributed by atoms with Crippen molar-refractivity contribution in [3.8, 4) is 17.6 Å². The van der Waals surface area contributed by atoms with Gasteiger partial charge in [0.1, 0.15) is 5.75 Å². The molecule has 1 aliphatic carbocycles. The number of ether oxygens (including phenoxy) is 1. The monoisotopic (exact) mass is 458 g/mol. The van der Waals surface area contributed by atoms with Crippen LogP contribution in [0.5, 0.6) is 5.75 Å². The highest BCUT2D eigenvalue weighted by atomic mass is 16.5. The van der Waals surface area contributed by atoms with Gasteiger partial charge in [-0.2, -0.15) is 0 Å². The van der Waals surface area contributed by atoms with Crippen LogP contribution in [0, 0.1) is 17.8 Å². The van der Waals surface area contributed by atoms with Crippen LogP contribution in [-0.4, -0.2) is 66.2 Å². The number of methoxy groups -OCH3 is 1. The standard InChI is InChI=1S/C29H34N2O3/c1-34-27-10-3-2-7-22(27)14-11-21-12-15-23(16-13-21)28-25-19-30(29(33)24-8-6-9-24)17-4-5-18-31(25)26(28)20-32/h2-3,7,10,12-13,15-16,24-26,28,32H,4-6,8-9,17-20H2,1H3/t25-,26-,28-/m1/s1. The van der Waals surface area contributed by atoms with E-state index in [0.29, 0.717) is 5.91 Å². The van der Waals surface area contributed by atoms with Gasteiger partial charge in [-0.25, -0.2) is 0 Å². The fraction of sp³-hybridized carbons (Fsp3) is 0.483. The van der Waals surface area contributed by atoms with Gasteiger partial charge in [-0.1, -0.05) is 42.5 Å². The number of carbonyl (C=O) groups excluding carboxylic acids is 1. The molecule has 0 aromatic heterocycles. The summed E-state index contributed by atoms with van der Waals surface area (Å²) in [5.74, 6) is 8.05. The Morgan fingerprint density at radius 3 is 2.50 bits per heavy atom. The molecule has 2 aliphatic heterocycles. The van der Waals surface area contributed by atoms with Gasteiger partial charge in [0.2, 0.25) is 5.91 Å². The molecule has 1 amide bonds. The summed E-state index contributed by atoms with van der Waals surface area (Å²) in [6.07, 6.45) is 5.39. The topological polar surface area (TPSA) is 53.0 Å². The highest BCUT2D eigenvalue weighted by Crippen LogP contribution is 2.42. The lowest BCUT2D eigenvalue weighted by Crippen LogP contribution is -2.68. The van der Waals surface area contributed by atoms with Crippen LogP contribution in [0.15, 0.2) is 48.5 Å². The fourth-order valence-electron chi connectivity index (χ4n) is 5.73. The molecule has 178 valence electrons. The number of para-hydroxylation sites is 1. The molecule has 2 heterocycles. The molecule has 34 heavy (non-hydrogen) atoms. The van der Waals surface area contributed by atoms with Crippen LogP contribution in [0.1, 0.15) is 54.7 Å². The molecule has 0 unspecified atom stereocenters. The van der Waals surface area contributed by atoms with Gasteiger partial charge in [0.25, 0.3) is 0 Å². The second-order valence-electron chi connectivity index (χ2n) is 9.77. The molecule has 1 saturated carbocycles. The molecule has 0 radical (unpaired) electrons. The Balaban J connectivity index is 1.33. The maximum atomic E-state index is 13.0. The van der Waals surface area contributed by atoms with Crippen LogP contribution < -0.4 is 4.74 Å². The van der Waals surface area contributed by atoms with E-state index < -0.39 is 0 Å². The number of benzene rings is 2. The Bertz CT molecular complexity index is 1070. The quantitative estimate of drug-likeness (QED) is 0.711. The molecule has 0 spiro atoms. The van der Waals surface area contributed by atoms with Gasteiger partial charge in [-0.15, -0.1) is 0 Å². The highest BCUT2D eigenvalue weighted by Gasteiger charge is 2.49. The maximum absolute atomic E-state index is 13.0. The summed E-state index contributed by atoms with van der Waals surface area (Å²) in [7, 11) is 1.66. The summed E-state index contributed by atoms with van der Waals surface area (Å²) in [6, 6.07) is 16.6. The Morgan fingerprint density at radius 1 is 1.03 bits per heavy atom. The number of rotatable bonds is 4. The average molecular weight is 459 g/mol. The van der Waals surface area contributed by atoms with Crippen molar-refractivity contribution in [2.24, 2.45) is 5.92 Å². The third-order valence-corrected chi connectivity index (χ3v) is 7.88. The number of carbonyl (C=O) groups is 1. The molecule has 2 aromatic rings. The summed E-state index contributed by atoms with van der Waals surface area (Å²) >= 11 is 0. The molecule has 2 aromatic carbocycles. The van der Waals surface area contributed by atoms with E-state index in [9.17, 15) is 9.90 Å². The van der Waals surface area contributed by atoms with E-state index in [1.54, 1.807) is 7.11 Å². The number of amides is 1. The zero-order valence-electron chi connectivity index (χ0n) is 20.0. The Hall–Kier alpha value is -2.81. The van der Waals surface area contributed by atoms with E-state index in [4.69, 9.17) is 4.74 Å². The van der Waals surface area contributed by atoms with E-state index in [1.165, 1.54) is 12.0 Å². The van der Waals surface area contributed by atoms with E-state index in [2.05, 4.69) is 45.9 Å². The van der Waals surface area contributed by atoms with Crippen LogP contribution in [0.3, 0.4) is 0 Å². The third kappa shape index (κ3) is 4.45. The van der Waals surface area contributed by atoms with Crippen molar-refractivity contribution in [2.45, 2.75) is 50.1 Å². The lowest BCUT2D eigenvalue weighted by molar-refractivity contribution is -0.143. The summed E-state index contributed by atoms with van der Waals surface area (Å²) in [5.41, 5.74) is 3.04. The van der Waals surface area contributed by atoms with Gasteiger partial charge in [0.15, 0.2) is 0 Å². The first-order valence-electron chi connectivity index (χ1n) is 12.6. The van der Waals surface area contributed by atoms with Crippen LogP contribution in [-0.2, 0) is 4.79 Å². The van der Waals surface area contributed by atoms with E-state index in [1.807, 2.05) is 24.3 Å². The molecule has 5 heteroatoms. The number of aliphatic hydroxyl groups excluding tert-OH is 1. The van der Waals surface area contributed by atoms with Crippen LogP contribution in [0.25, 0.3) is 0 Å². The molecule has 2 saturated heterocycles. The van der Waals surface area contributed by atoms with Crippen LogP contribution in [0.2, 0.25) is 0 Å². The molecule has 1 N–H and O–H groups in total. The van der Waals surface area contributed by atoms with E-state index >= 15 is 0 Å². The number of hydrogen-bond donors (Lipinski definition) is 1. The second kappa shape index (κ2) is 10.2. The van der Waals surface area contributed by atoms with E-state index in [0.717, 1.165) is 62.2 Å². The van der Waals surface area contributed by atoms with Crippen molar-refractivity contribution in [1.29, 1.82) is 0 Å². The molecular weight excluding hydrogens is 424 g/mol. The second-order valence-corrected chi connectivity index (χ2v) is 9.77. The van der Waals surface area contributed by atoms with Crippen molar-refractivity contribution >= 4 is 5.91 Å². The van der Waals surface area contributed by atoms with Gasteiger partial charge in [-0.05, 0) is 62.1 Å². The first kappa shape index (κ1) is 23.0. The summed E-state index contributed by atoms with van der Waals surface area (Å²) in [5, 5.41) is 10.2. The zero-order valence-corrected chi connectivity index (χ0v) is 20.0. The Morgan fingerprint density at radius 2 is 1.79 bits per heavy atom. The number of nitrogens with zero attached hydrogens (tertiary/aromatic N) is 2. The predicted octanol–water partition coefficient (Wildman–Crippen LogP) is 3.65. The SMILES string of the molecule is COc1ccccc1C#Cc1ccc([C@H]2[C@@H](CO)N3CCCCN(C(=O)C4CCC4)C[C@H]23)cc1. The minimum atomic E-state index is 0.120. The Kier molecular flexibility index (Phi) is 6.89.